The molecule has 3 N–H and O–H groups in total. The lowest BCUT2D eigenvalue weighted by Crippen LogP contribution is -2.65. The van der Waals surface area contributed by atoms with Gasteiger partial charge in [0.2, 0.25) is 35.4 Å². The molecule has 0 radical (unpaired) electrons. The number of hydrogen-bond donors (Lipinski definition) is 3. The molecule has 0 aromatic carbocycles. The molecule has 0 aromatic rings. The smallest absolute Gasteiger partial charge is 0.471 e. The Balaban J connectivity index is 1.99. The number of halogens is 3. The Hall–Kier alpha value is -4.45. The van der Waals surface area contributed by atoms with E-state index in [0.29, 0.717) is 69.6 Å². The van der Waals surface area contributed by atoms with Crippen molar-refractivity contribution in [1.29, 1.82) is 0 Å². The average Bonchev–Trinajstić information content (AvgIpc) is 3.99. The molecule has 2 heterocycles. The number of likely N-dealkylation sites (tertiary alicyclic amines) is 2. The van der Waals surface area contributed by atoms with Crippen LogP contribution in [-0.2, 0) is 38.4 Å². The van der Waals surface area contributed by atoms with E-state index < -0.39 is 108 Å². The first-order chi connectivity index (χ1) is 28.1. The van der Waals surface area contributed by atoms with E-state index >= 15 is 0 Å². The first kappa shape index (κ1) is 49.9. The zero-order valence-corrected chi connectivity index (χ0v) is 36.3. The molecule has 0 spiro atoms. The summed E-state index contributed by atoms with van der Waals surface area (Å²) >= 11 is 0. The highest BCUT2D eigenvalue weighted by Gasteiger charge is 2.55. The van der Waals surface area contributed by atoms with Gasteiger partial charge in [-0.1, -0.05) is 54.4 Å². The third-order valence-corrected chi connectivity index (χ3v) is 11.8. The molecule has 16 nitrogen and oxygen atoms in total. The minimum Gasteiger partial charge on any atom is -0.481 e. The third kappa shape index (κ3) is 12.1. The summed E-state index contributed by atoms with van der Waals surface area (Å²) in [5, 5.41) is 14.9. The predicted molar refractivity (Wildman–Crippen MR) is 214 cm³/mol. The molecule has 1 saturated carbocycles. The quantitative estimate of drug-likeness (QED) is 0.165. The summed E-state index contributed by atoms with van der Waals surface area (Å²) in [4.78, 5) is 115. The molecule has 3 rings (SSSR count). The molecule has 3 fully saturated rings. The number of alkyl halides is 3. The summed E-state index contributed by atoms with van der Waals surface area (Å²) in [6.45, 7) is 11.7. The third-order valence-electron chi connectivity index (χ3n) is 11.8. The number of rotatable bonds is 20. The van der Waals surface area contributed by atoms with Crippen LogP contribution in [0.2, 0.25) is 0 Å². The minimum atomic E-state index is -5.24. The number of nitrogens with zero attached hydrogens (tertiary/aromatic N) is 5. The lowest BCUT2D eigenvalue weighted by atomic mass is 9.90. The fraction of sp³-hybridized carbons (Fsp3) is 0.805. The van der Waals surface area contributed by atoms with Gasteiger partial charge in [0.25, 0.3) is 0 Å². The highest BCUT2D eigenvalue weighted by molar-refractivity contribution is 5.99. The molecule has 340 valence electrons. The van der Waals surface area contributed by atoms with Gasteiger partial charge in [-0.2, -0.15) is 13.2 Å². The van der Waals surface area contributed by atoms with Gasteiger partial charge in [-0.3, -0.25) is 38.4 Å². The molecule has 1 aliphatic carbocycles. The van der Waals surface area contributed by atoms with Crippen LogP contribution >= 0.6 is 0 Å². The van der Waals surface area contributed by atoms with Crippen molar-refractivity contribution in [3.63, 3.8) is 0 Å². The molecule has 0 aromatic heterocycles. The summed E-state index contributed by atoms with van der Waals surface area (Å²) in [5.41, 5.74) is -1.86. The second-order valence-corrected chi connectivity index (χ2v) is 17.1. The Morgan fingerprint density at radius 1 is 0.667 bits per heavy atom. The number of hydrogen-bond acceptors (Lipinski definition) is 8. The number of amides is 7. The van der Waals surface area contributed by atoms with Crippen LogP contribution in [0, 0.1) is 11.8 Å². The second-order valence-electron chi connectivity index (χ2n) is 17.1. The first-order valence-electron chi connectivity index (χ1n) is 21.5. The van der Waals surface area contributed by atoms with Gasteiger partial charge in [0.05, 0.1) is 12.8 Å². The topological polar surface area (TPSA) is 197 Å². The van der Waals surface area contributed by atoms with Gasteiger partial charge in [-0.15, -0.1) is 0 Å². The van der Waals surface area contributed by atoms with Gasteiger partial charge < -0.3 is 40.2 Å². The number of carboxylic acids is 1. The molecule has 19 heteroatoms. The summed E-state index contributed by atoms with van der Waals surface area (Å²) in [5.74, 6) is -8.79. The van der Waals surface area contributed by atoms with E-state index in [9.17, 15) is 56.6 Å². The zero-order chi connectivity index (χ0) is 45.1. The minimum absolute atomic E-state index is 0.0387. The Bertz CT molecular complexity index is 1560. The SMILES string of the molecule is CCCN(C(=O)C[C@H](NC(=O)[C@H](C(C)C)N(CCC)C(=O)C1(N(C)C(=O)C(F)(F)F)CCCC1)C(=O)N1CCCC1)[C@H](C(=O)N[C@@H](CC(=O)O)C(=O)N1CCCC1)C(C)C. The van der Waals surface area contributed by atoms with Gasteiger partial charge in [0.1, 0.15) is 29.7 Å². The fourth-order valence-corrected chi connectivity index (χ4v) is 8.88. The van der Waals surface area contributed by atoms with Crippen LogP contribution in [-0.4, -0.2) is 159 Å². The number of carbonyl (C=O) groups excluding carboxylic acids is 7. The maximum absolute atomic E-state index is 14.6. The molecule has 7 amide bonds. The first-order valence-corrected chi connectivity index (χ1v) is 21.5. The van der Waals surface area contributed by atoms with Gasteiger partial charge in [-0.25, -0.2) is 0 Å². The average molecular weight is 858 g/mol. The lowest BCUT2D eigenvalue weighted by molar-refractivity contribution is -0.192. The van der Waals surface area contributed by atoms with E-state index in [1.165, 1.54) is 19.6 Å². The molecule has 3 aliphatic rings. The Labute approximate surface area is 351 Å². The maximum Gasteiger partial charge on any atom is 0.471 e. The van der Waals surface area contributed by atoms with Crippen LogP contribution < -0.4 is 10.6 Å². The maximum atomic E-state index is 14.6. The number of aliphatic carboxylic acids is 1. The van der Waals surface area contributed by atoms with Crippen LogP contribution in [0.5, 0.6) is 0 Å². The van der Waals surface area contributed by atoms with E-state index in [2.05, 4.69) is 10.6 Å². The monoisotopic (exact) mass is 857 g/mol. The largest absolute Gasteiger partial charge is 0.481 e. The Kier molecular flexibility index (Phi) is 18.2. The standard InChI is InChI=1S/C41H66F3N7O9/c1-8-18-50(32(26(3)4)34(55)46-29(25-31(53)54)37(58)49-22-14-15-23-49)30(52)24-28(36(57)48-20-12-13-21-48)45-35(56)33(27(5)6)51(19-9-2)38(59)40(16-10-11-17-40)47(7)39(60)41(42,43)44/h26-29,32-33H,8-25H2,1-7H3,(H,45,56)(H,46,55)(H,53,54)/t28-,29-,32-,33-/m0/s1. The van der Waals surface area contributed by atoms with Crippen molar-refractivity contribution in [2.45, 2.75) is 154 Å². The van der Waals surface area contributed by atoms with Crippen molar-refractivity contribution in [2.75, 3.05) is 46.3 Å². The highest BCUT2D eigenvalue weighted by atomic mass is 19.4. The van der Waals surface area contributed by atoms with Crippen LogP contribution in [0.3, 0.4) is 0 Å². The Morgan fingerprint density at radius 2 is 1.07 bits per heavy atom. The summed E-state index contributed by atoms with van der Waals surface area (Å²) in [6, 6.07) is -5.36. The van der Waals surface area contributed by atoms with E-state index in [1.807, 2.05) is 0 Å². The van der Waals surface area contributed by atoms with Crippen molar-refractivity contribution in [3.8, 4) is 0 Å². The zero-order valence-electron chi connectivity index (χ0n) is 36.3. The van der Waals surface area contributed by atoms with Gasteiger partial charge in [0, 0.05) is 46.3 Å². The molecule has 2 aliphatic heterocycles. The molecule has 60 heavy (non-hydrogen) atoms. The molecular weight excluding hydrogens is 791 g/mol. The van der Waals surface area contributed by atoms with Crippen molar-refractivity contribution in [1.82, 2.24) is 35.1 Å². The van der Waals surface area contributed by atoms with E-state index in [-0.39, 0.29) is 25.9 Å². The number of likely N-dealkylation sites (N-methyl/N-ethyl adjacent to an activating group) is 1. The Morgan fingerprint density at radius 3 is 1.45 bits per heavy atom. The van der Waals surface area contributed by atoms with Gasteiger partial charge in [-0.05, 0) is 63.2 Å². The summed E-state index contributed by atoms with van der Waals surface area (Å²) in [7, 11) is 0.953. The van der Waals surface area contributed by atoms with Crippen LogP contribution in [0.4, 0.5) is 13.2 Å². The highest BCUT2D eigenvalue weighted by Crippen LogP contribution is 2.39. The van der Waals surface area contributed by atoms with Crippen molar-refractivity contribution in [2.24, 2.45) is 11.8 Å². The van der Waals surface area contributed by atoms with Gasteiger partial charge >= 0.3 is 18.1 Å². The van der Waals surface area contributed by atoms with Gasteiger partial charge in [0.15, 0.2) is 0 Å². The second kappa shape index (κ2) is 21.9. The predicted octanol–water partition coefficient (Wildman–Crippen LogP) is 2.93. The normalized spacial score (nSPS) is 18.5. The van der Waals surface area contributed by atoms with Crippen LogP contribution in [0.1, 0.15) is 119 Å². The van der Waals surface area contributed by atoms with Crippen molar-refractivity contribution in [3.05, 3.63) is 0 Å². The van der Waals surface area contributed by atoms with Crippen LogP contribution in [0.15, 0.2) is 0 Å². The number of carboxylic acid groups (broad SMARTS) is 1. The summed E-state index contributed by atoms with van der Waals surface area (Å²) < 4.78 is 41.2. The molecular formula is C41H66F3N7O9. The molecule has 4 atom stereocenters. The van der Waals surface area contributed by atoms with E-state index in [0.717, 1.165) is 19.9 Å². The summed E-state index contributed by atoms with van der Waals surface area (Å²) in [6.07, 6.45) is -2.27. The fourth-order valence-electron chi connectivity index (χ4n) is 8.88. The number of carbonyl (C=O) groups is 8. The van der Waals surface area contributed by atoms with Crippen molar-refractivity contribution >= 4 is 47.3 Å². The van der Waals surface area contributed by atoms with Crippen molar-refractivity contribution < 1.29 is 56.6 Å². The molecule has 0 bridgehead atoms. The van der Waals surface area contributed by atoms with E-state index in [1.54, 1.807) is 41.5 Å². The lowest BCUT2D eigenvalue weighted by Gasteiger charge is -2.44. The number of nitrogens with one attached hydrogen (secondary N) is 2. The molecule has 0 unspecified atom stereocenters. The van der Waals surface area contributed by atoms with E-state index in [4.69, 9.17) is 0 Å². The molecule has 2 saturated heterocycles. The van der Waals surface area contributed by atoms with Crippen LogP contribution in [0.25, 0.3) is 0 Å².